The van der Waals surface area contributed by atoms with Gasteiger partial charge in [0.15, 0.2) is 5.96 Å². The molecule has 2 rings (SSSR count). The average molecular weight is 612 g/mol. The zero-order valence-corrected chi connectivity index (χ0v) is 23.9. The number of amides is 6. The summed E-state index contributed by atoms with van der Waals surface area (Å²) in [6, 6.07) is -6.29. The molecule has 2 saturated heterocycles. The van der Waals surface area contributed by atoms with Crippen LogP contribution in [0.5, 0.6) is 0 Å². The van der Waals surface area contributed by atoms with E-state index in [9.17, 15) is 43.8 Å². The summed E-state index contributed by atoms with van der Waals surface area (Å²) < 4.78 is 0. The summed E-state index contributed by atoms with van der Waals surface area (Å²) in [7, 11) is 0. The Labute approximate surface area is 247 Å². The quantitative estimate of drug-likeness (QED) is 0.0356. The number of primary amides is 1. The van der Waals surface area contributed by atoms with E-state index in [2.05, 4.69) is 20.9 Å². The number of nitrogens with one attached hydrogen (secondary N) is 3. The highest BCUT2D eigenvalue weighted by Gasteiger charge is 2.39. The van der Waals surface area contributed by atoms with E-state index in [-0.39, 0.29) is 31.9 Å². The van der Waals surface area contributed by atoms with E-state index in [1.165, 1.54) is 16.7 Å². The third-order valence-corrected chi connectivity index (χ3v) is 7.23. The molecule has 0 spiro atoms. The molecule has 18 nitrogen and oxygen atoms in total. The number of aliphatic hydroxyl groups excluding tert-OH is 1. The number of aliphatic hydroxyl groups is 1. The van der Waals surface area contributed by atoms with E-state index in [0.717, 1.165) is 0 Å². The summed E-state index contributed by atoms with van der Waals surface area (Å²) in [6.45, 7) is 1.86. The van der Waals surface area contributed by atoms with Crippen LogP contribution in [0.25, 0.3) is 0 Å². The lowest BCUT2D eigenvalue weighted by molar-refractivity contribution is -0.143. The Morgan fingerprint density at radius 2 is 1.60 bits per heavy atom. The molecule has 0 saturated carbocycles. The van der Waals surface area contributed by atoms with Gasteiger partial charge in [-0.15, -0.1) is 0 Å². The number of carbonyl (C=O) groups excluding carboxylic acids is 6. The minimum Gasteiger partial charge on any atom is -0.481 e. The lowest BCUT2D eigenvalue weighted by Gasteiger charge is -2.30. The van der Waals surface area contributed by atoms with Crippen LogP contribution in [0.2, 0.25) is 0 Å². The number of likely N-dealkylation sites (tertiary alicyclic amines) is 2. The Balaban J connectivity index is 2.20. The van der Waals surface area contributed by atoms with Gasteiger partial charge in [0.25, 0.3) is 0 Å². The largest absolute Gasteiger partial charge is 0.481 e. The van der Waals surface area contributed by atoms with E-state index >= 15 is 0 Å². The fourth-order valence-electron chi connectivity index (χ4n) is 5.06. The normalized spacial score (nSPS) is 20.7. The van der Waals surface area contributed by atoms with Crippen LogP contribution in [0.4, 0.5) is 0 Å². The maximum absolute atomic E-state index is 13.4. The van der Waals surface area contributed by atoms with Crippen LogP contribution >= 0.6 is 0 Å². The molecule has 240 valence electrons. The van der Waals surface area contributed by atoms with Gasteiger partial charge in [0, 0.05) is 19.6 Å². The number of carbonyl (C=O) groups is 7. The maximum Gasteiger partial charge on any atom is 0.305 e. The zero-order valence-electron chi connectivity index (χ0n) is 23.9. The first-order valence-electron chi connectivity index (χ1n) is 13.9. The second-order valence-corrected chi connectivity index (χ2v) is 10.5. The minimum atomic E-state index is -1.67. The van der Waals surface area contributed by atoms with Gasteiger partial charge in [-0.2, -0.15) is 0 Å². The van der Waals surface area contributed by atoms with Crippen molar-refractivity contribution < 1.29 is 43.8 Å². The number of carboxylic acids is 1. The monoisotopic (exact) mass is 611 g/mol. The molecule has 43 heavy (non-hydrogen) atoms. The molecule has 0 aliphatic carbocycles. The van der Waals surface area contributed by atoms with Gasteiger partial charge in [-0.3, -0.25) is 38.6 Å². The maximum atomic E-state index is 13.4. The van der Waals surface area contributed by atoms with Crippen molar-refractivity contribution in [2.24, 2.45) is 22.2 Å². The molecule has 2 aliphatic rings. The molecular formula is C25H41N9O9. The Morgan fingerprint density at radius 1 is 0.953 bits per heavy atom. The van der Waals surface area contributed by atoms with E-state index in [0.29, 0.717) is 38.6 Å². The molecule has 0 aromatic rings. The van der Waals surface area contributed by atoms with Gasteiger partial charge < -0.3 is 53.2 Å². The van der Waals surface area contributed by atoms with Crippen LogP contribution < -0.4 is 33.2 Å². The molecule has 6 amide bonds. The van der Waals surface area contributed by atoms with Crippen molar-refractivity contribution in [2.45, 2.75) is 88.2 Å². The molecule has 0 bridgehead atoms. The molecule has 0 aromatic heterocycles. The summed E-state index contributed by atoms with van der Waals surface area (Å²) in [5.74, 6) is -5.73. The Morgan fingerprint density at radius 3 is 2.19 bits per heavy atom. The van der Waals surface area contributed by atoms with Crippen molar-refractivity contribution in [3.63, 3.8) is 0 Å². The van der Waals surface area contributed by atoms with Crippen LogP contribution in [-0.4, -0.2) is 124 Å². The molecule has 0 unspecified atom stereocenters. The summed E-state index contributed by atoms with van der Waals surface area (Å²) in [6.07, 6.45) is 0.101. The van der Waals surface area contributed by atoms with Gasteiger partial charge in [0.1, 0.15) is 30.2 Å². The van der Waals surface area contributed by atoms with Gasteiger partial charge in [-0.25, -0.2) is 0 Å². The number of aliphatic imine (C=N–C) groups is 1. The number of rotatable bonds is 16. The van der Waals surface area contributed by atoms with Crippen molar-refractivity contribution >= 4 is 47.9 Å². The highest BCUT2D eigenvalue weighted by molar-refractivity contribution is 5.97. The first-order valence-corrected chi connectivity index (χ1v) is 13.9. The molecule has 6 atom stereocenters. The van der Waals surface area contributed by atoms with Gasteiger partial charge in [-0.1, -0.05) is 0 Å². The molecule has 2 aliphatic heterocycles. The van der Waals surface area contributed by atoms with Gasteiger partial charge >= 0.3 is 5.97 Å². The predicted octanol–water partition coefficient (Wildman–Crippen LogP) is -4.55. The van der Waals surface area contributed by atoms with Crippen LogP contribution in [-0.2, 0) is 33.6 Å². The van der Waals surface area contributed by atoms with Crippen LogP contribution in [0.1, 0.15) is 51.9 Å². The Hall–Kier alpha value is -4.48. The first-order chi connectivity index (χ1) is 20.3. The SMILES string of the molecule is C[C@@H](O)[C@H](NC(=O)[C@H](CC(=O)O)NC(=O)[C@@H]1CCCN1C=O)C(=O)N[C@@H](CCCN=C(N)N)C(=O)N1CCC[C@H]1C(N)=O. The van der Waals surface area contributed by atoms with Crippen molar-refractivity contribution in [3.8, 4) is 0 Å². The number of hydrogen-bond acceptors (Lipinski definition) is 9. The zero-order chi connectivity index (χ0) is 32.3. The second kappa shape index (κ2) is 16.2. The van der Waals surface area contributed by atoms with Crippen molar-refractivity contribution in [3.05, 3.63) is 0 Å². The molecule has 11 N–H and O–H groups in total. The fraction of sp³-hybridized carbons (Fsp3) is 0.680. The molecular weight excluding hydrogens is 570 g/mol. The minimum absolute atomic E-state index is 0.0239. The standard InChI is InChI=1S/C25H41N9O9/c1-13(36)19(32-21(40)15(11-18(37)38)31-22(41)17-7-3-9-33(17)12-35)23(42)30-14(5-2-8-29-25(27)28)24(43)34-10-4-6-16(34)20(26)39/h12-17,19,36H,2-11H2,1H3,(H2,26,39)(H,30,42)(H,31,41)(H,32,40)(H,37,38)(H4,27,28,29)/t13-,14+,15+,16+,17+,19+/m1/s1. The molecule has 0 aromatic carbocycles. The van der Waals surface area contributed by atoms with Crippen molar-refractivity contribution in [1.29, 1.82) is 0 Å². The van der Waals surface area contributed by atoms with Gasteiger partial charge in [0.2, 0.25) is 35.9 Å². The van der Waals surface area contributed by atoms with Crippen molar-refractivity contribution in [2.75, 3.05) is 19.6 Å². The van der Waals surface area contributed by atoms with Crippen LogP contribution in [0, 0.1) is 0 Å². The third-order valence-electron chi connectivity index (χ3n) is 7.23. The first kappa shape index (κ1) is 34.7. The second-order valence-electron chi connectivity index (χ2n) is 10.5. The predicted molar refractivity (Wildman–Crippen MR) is 149 cm³/mol. The summed E-state index contributed by atoms with van der Waals surface area (Å²) in [4.78, 5) is 93.4. The third kappa shape index (κ3) is 10.1. The average Bonchev–Trinajstić information content (AvgIpc) is 3.62. The summed E-state index contributed by atoms with van der Waals surface area (Å²) in [5, 5.41) is 26.7. The van der Waals surface area contributed by atoms with Gasteiger partial charge in [-0.05, 0) is 45.4 Å². The van der Waals surface area contributed by atoms with Gasteiger partial charge in [0.05, 0.1) is 12.5 Å². The molecule has 0 radical (unpaired) electrons. The van der Waals surface area contributed by atoms with E-state index in [4.69, 9.17) is 17.2 Å². The molecule has 18 heteroatoms. The number of hydrogen-bond donors (Lipinski definition) is 8. The number of nitrogens with two attached hydrogens (primary N) is 3. The van der Waals surface area contributed by atoms with Crippen molar-refractivity contribution in [1.82, 2.24) is 25.8 Å². The van der Waals surface area contributed by atoms with E-state index in [1.54, 1.807) is 0 Å². The fourth-order valence-corrected chi connectivity index (χ4v) is 5.06. The summed E-state index contributed by atoms with van der Waals surface area (Å²) in [5.41, 5.74) is 16.1. The van der Waals surface area contributed by atoms with Crippen LogP contribution in [0.3, 0.4) is 0 Å². The Bertz CT molecular complexity index is 1100. The highest BCUT2D eigenvalue weighted by atomic mass is 16.4. The smallest absolute Gasteiger partial charge is 0.305 e. The lowest BCUT2D eigenvalue weighted by atomic mass is 10.1. The van der Waals surface area contributed by atoms with E-state index < -0.39 is 78.2 Å². The topological polar surface area (TPSA) is 293 Å². The van der Waals surface area contributed by atoms with E-state index in [1.807, 2.05) is 0 Å². The number of guanidine groups is 1. The number of aliphatic carboxylic acids is 1. The Kier molecular flexibility index (Phi) is 13.1. The van der Waals surface area contributed by atoms with Crippen LogP contribution in [0.15, 0.2) is 4.99 Å². The molecule has 2 heterocycles. The lowest BCUT2D eigenvalue weighted by Crippen LogP contribution is -2.61. The highest BCUT2D eigenvalue weighted by Crippen LogP contribution is 2.19. The number of carboxylic acid groups (broad SMARTS) is 1. The molecule has 2 fully saturated rings. The summed E-state index contributed by atoms with van der Waals surface area (Å²) >= 11 is 0. The number of nitrogens with zero attached hydrogens (tertiary/aromatic N) is 3.